The Hall–Kier alpha value is -3.12. The molecule has 29 heavy (non-hydrogen) atoms. The van der Waals surface area contributed by atoms with Crippen molar-refractivity contribution in [3.05, 3.63) is 72.3 Å². The van der Waals surface area contributed by atoms with Gasteiger partial charge in [-0.1, -0.05) is 61.2 Å². The minimum atomic E-state index is -1.63. The summed E-state index contributed by atoms with van der Waals surface area (Å²) in [7, 11) is 0. The molecule has 0 saturated heterocycles. The zero-order valence-electron chi connectivity index (χ0n) is 16.6. The van der Waals surface area contributed by atoms with E-state index in [-0.39, 0.29) is 19.1 Å². The quantitative estimate of drug-likeness (QED) is 0.554. The molecule has 152 valence electrons. The fourth-order valence-corrected chi connectivity index (χ4v) is 3.46. The maximum Gasteiger partial charge on any atom is 0.408 e. The molecule has 2 N–H and O–H groups in total. The van der Waals surface area contributed by atoms with Crippen LogP contribution in [0.3, 0.4) is 0 Å². The van der Waals surface area contributed by atoms with Crippen molar-refractivity contribution < 1.29 is 24.2 Å². The molecule has 0 fully saturated rings. The number of alkyl carbamates (subject to hydrolysis) is 1. The first-order valence-electron chi connectivity index (χ1n) is 9.47. The van der Waals surface area contributed by atoms with Gasteiger partial charge in [0, 0.05) is 5.92 Å². The van der Waals surface area contributed by atoms with Gasteiger partial charge in [-0.15, -0.1) is 0 Å². The first kappa shape index (κ1) is 20.6. The zero-order valence-corrected chi connectivity index (χ0v) is 16.6. The van der Waals surface area contributed by atoms with E-state index in [1.807, 2.05) is 48.5 Å². The van der Waals surface area contributed by atoms with Gasteiger partial charge in [0.1, 0.15) is 13.2 Å². The average molecular weight is 395 g/mol. The molecule has 0 radical (unpaired) electrons. The predicted octanol–water partition coefficient (Wildman–Crippen LogP) is 3.39. The van der Waals surface area contributed by atoms with E-state index in [0.717, 1.165) is 22.3 Å². The minimum Gasteiger partial charge on any atom is -0.460 e. The van der Waals surface area contributed by atoms with Gasteiger partial charge in [-0.2, -0.15) is 0 Å². The van der Waals surface area contributed by atoms with Gasteiger partial charge >= 0.3 is 12.1 Å². The Labute approximate surface area is 170 Å². The lowest BCUT2D eigenvalue weighted by Gasteiger charge is -2.30. The zero-order chi connectivity index (χ0) is 21.0. The number of aliphatic hydroxyl groups is 1. The lowest BCUT2D eigenvalue weighted by atomic mass is 9.96. The van der Waals surface area contributed by atoms with E-state index in [9.17, 15) is 14.7 Å². The fraction of sp³-hybridized carbons (Fsp3) is 0.304. The Morgan fingerprint density at radius 2 is 1.69 bits per heavy atom. The maximum atomic E-state index is 12.4. The van der Waals surface area contributed by atoms with Crippen LogP contribution in [0.15, 0.2) is 61.2 Å². The normalized spacial score (nSPS) is 15.4. The number of nitrogens with one attached hydrogen (secondary N) is 1. The monoisotopic (exact) mass is 395 g/mol. The molecule has 1 aliphatic rings. The van der Waals surface area contributed by atoms with Crippen LogP contribution >= 0.6 is 0 Å². The number of rotatable bonds is 7. The van der Waals surface area contributed by atoms with E-state index in [4.69, 9.17) is 9.47 Å². The summed E-state index contributed by atoms with van der Waals surface area (Å²) in [5.74, 6) is -0.861. The molecule has 1 unspecified atom stereocenters. The van der Waals surface area contributed by atoms with Crippen LogP contribution in [0.2, 0.25) is 0 Å². The summed E-state index contributed by atoms with van der Waals surface area (Å²) in [6, 6.07) is 16.0. The van der Waals surface area contributed by atoms with Crippen LogP contribution in [0.25, 0.3) is 11.1 Å². The molecule has 0 aromatic heterocycles. The topological polar surface area (TPSA) is 84.9 Å². The van der Waals surface area contributed by atoms with Crippen LogP contribution < -0.4 is 5.32 Å². The highest BCUT2D eigenvalue weighted by Crippen LogP contribution is 2.44. The van der Waals surface area contributed by atoms with Gasteiger partial charge in [0.25, 0.3) is 0 Å². The number of carbonyl (C=O) groups excluding carboxylic acids is 2. The number of aliphatic hydroxyl groups excluding tert-OH is 1. The molecule has 6 heteroatoms. The van der Waals surface area contributed by atoms with Crippen LogP contribution in [0.1, 0.15) is 30.9 Å². The van der Waals surface area contributed by atoms with Crippen molar-refractivity contribution in [1.29, 1.82) is 0 Å². The van der Waals surface area contributed by atoms with Gasteiger partial charge in [-0.05, 0) is 36.1 Å². The van der Waals surface area contributed by atoms with Crippen molar-refractivity contribution in [3.8, 4) is 11.1 Å². The molecule has 0 spiro atoms. The maximum absolute atomic E-state index is 12.4. The number of fused-ring (bicyclic) bond motifs is 3. The minimum absolute atomic E-state index is 0.0203. The largest absolute Gasteiger partial charge is 0.460 e. The molecule has 0 bridgehead atoms. The Kier molecular flexibility index (Phi) is 6.03. The Balaban J connectivity index is 1.72. The number of hydrogen-bond donors (Lipinski definition) is 2. The Morgan fingerprint density at radius 1 is 1.14 bits per heavy atom. The molecule has 0 heterocycles. The number of esters is 1. The standard InChI is InChI=1S/C23H25NO5/c1-4-13-28-21(26)23(3,15(2)25)24-22(27)29-14-20-18-11-7-5-9-16(18)17-10-6-8-12-19(17)20/h4-12,15,20,25H,1,13-14H2,2-3H3,(H,24,27)/t15-,23?/m0/s1. The van der Waals surface area contributed by atoms with Crippen LogP contribution in [0.4, 0.5) is 4.79 Å². The molecule has 2 aromatic rings. The van der Waals surface area contributed by atoms with Crippen molar-refractivity contribution in [2.45, 2.75) is 31.4 Å². The van der Waals surface area contributed by atoms with Gasteiger partial charge in [0.05, 0.1) is 6.10 Å². The molecule has 1 aliphatic carbocycles. The van der Waals surface area contributed by atoms with Gasteiger partial charge in [-0.3, -0.25) is 0 Å². The molecule has 0 aliphatic heterocycles. The lowest BCUT2D eigenvalue weighted by molar-refractivity contribution is -0.154. The number of ether oxygens (including phenoxy) is 2. The second-order valence-electron chi connectivity index (χ2n) is 7.22. The number of carbonyl (C=O) groups is 2. The van der Waals surface area contributed by atoms with E-state index >= 15 is 0 Å². The van der Waals surface area contributed by atoms with Crippen molar-refractivity contribution in [3.63, 3.8) is 0 Å². The molecular formula is C23H25NO5. The second-order valence-corrected chi connectivity index (χ2v) is 7.22. The van der Waals surface area contributed by atoms with Crippen LogP contribution in [0.5, 0.6) is 0 Å². The highest BCUT2D eigenvalue weighted by Gasteiger charge is 2.42. The van der Waals surface area contributed by atoms with Crippen molar-refractivity contribution in [1.82, 2.24) is 5.32 Å². The molecule has 6 nitrogen and oxygen atoms in total. The third-order valence-electron chi connectivity index (χ3n) is 5.30. The van der Waals surface area contributed by atoms with E-state index in [1.165, 1.54) is 19.9 Å². The van der Waals surface area contributed by atoms with E-state index in [2.05, 4.69) is 11.9 Å². The first-order valence-corrected chi connectivity index (χ1v) is 9.47. The Morgan fingerprint density at radius 3 is 2.21 bits per heavy atom. The van der Waals surface area contributed by atoms with Crippen LogP contribution in [-0.4, -0.2) is 42.0 Å². The van der Waals surface area contributed by atoms with Crippen molar-refractivity contribution in [2.75, 3.05) is 13.2 Å². The number of amides is 1. The molecule has 1 amide bonds. The fourth-order valence-electron chi connectivity index (χ4n) is 3.46. The SMILES string of the molecule is C=CCOC(=O)C(C)(NC(=O)OCC1c2ccccc2-c2ccccc21)[C@H](C)O. The van der Waals surface area contributed by atoms with E-state index in [0.29, 0.717) is 0 Å². The second kappa shape index (κ2) is 8.49. The summed E-state index contributed by atoms with van der Waals surface area (Å²) in [5, 5.41) is 12.5. The van der Waals surface area contributed by atoms with Gasteiger partial charge in [-0.25, -0.2) is 9.59 Å². The summed E-state index contributed by atoms with van der Waals surface area (Å²) < 4.78 is 10.5. The summed E-state index contributed by atoms with van der Waals surface area (Å²) >= 11 is 0. The number of benzene rings is 2. The van der Waals surface area contributed by atoms with Crippen LogP contribution in [-0.2, 0) is 14.3 Å². The Bertz CT molecular complexity index is 877. The van der Waals surface area contributed by atoms with Crippen molar-refractivity contribution >= 4 is 12.1 Å². The third-order valence-corrected chi connectivity index (χ3v) is 5.30. The first-order chi connectivity index (χ1) is 13.9. The molecular weight excluding hydrogens is 370 g/mol. The molecule has 0 saturated carbocycles. The highest BCUT2D eigenvalue weighted by atomic mass is 16.6. The summed E-state index contributed by atoms with van der Waals surface area (Å²) in [6.07, 6.45) is -0.570. The third kappa shape index (κ3) is 4.03. The summed E-state index contributed by atoms with van der Waals surface area (Å²) in [5.41, 5.74) is 2.79. The summed E-state index contributed by atoms with van der Waals surface area (Å²) in [6.45, 7) is 6.36. The van der Waals surface area contributed by atoms with E-state index in [1.54, 1.807) is 0 Å². The van der Waals surface area contributed by atoms with Crippen LogP contribution in [0, 0.1) is 0 Å². The number of hydrogen-bond acceptors (Lipinski definition) is 5. The molecule has 2 aromatic carbocycles. The van der Waals surface area contributed by atoms with Gasteiger partial charge in [0.2, 0.25) is 0 Å². The molecule has 3 rings (SSSR count). The predicted molar refractivity (Wildman–Crippen MR) is 109 cm³/mol. The average Bonchev–Trinajstić information content (AvgIpc) is 3.04. The van der Waals surface area contributed by atoms with Gasteiger partial charge in [0.15, 0.2) is 5.54 Å². The summed E-state index contributed by atoms with van der Waals surface area (Å²) in [4.78, 5) is 24.7. The molecule has 2 atom stereocenters. The van der Waals surface area contributed by atoms with Gasteiger partial charge < -0.3 is 19.9 Å². The van der Waals surface area contributed by atoms with E-state index < -0.39 is 23.7 Å². The lowest BCUT2D eigenvalue weighted by Crippen LogP contribution is -2.59. The van der Waals surface area contributed by atoms with Crippen molar-refractivity contribution in [2.24, 2.45) is 0 Å². The highest BCUT2D eigenvalue weighted by molar-refractivity contribution is 5.86. The smallest absolute Gasteiger partial charge is 0.408 e.